The van der Waals surface area contributed by atoms with Gasteiger partial charge in [0.15, 0.2) is 0 Å². The van der Waals surface area contributed by atoms with Gasteiger partial charge in [0.25, 0.3) is 0 Å². The molecule has 0 aromatic heterocycles. The summed E-state index contributed by atoms with van der Waals surface area (Å²) in [5.41, 5.74) is 0. The maximum absolute atomic E-state index is 12.7. The smallest absolute Gasteiger partial charge is 0.239 e. The first-order valence-electron chi connectivity index (χ1n) is 7.87. The largest absolute Gasteiger partial charge is 0.337 e. The first kappa shape index (κ1) is 14.8. The molecule has 0 unspecified atom stereocenters. The van der Waals surface area contributed by atoms with E-state index in [0.717, 1.165) is 26.1 Å². The van der Waals surface area contributed by atoms with E-state index in [4.69, 9.17) is 0 Å². The van der Waals surface area contributed by atoms with Crippen LogP contribution in [0, 0.1) is 0 Å². The Labute approximate surface area is 117 Å². The SMILES string of the molecule is CN(C)CCN(C(=O)[C@H]1CCCCN1)C1CCCC1. The van der Waals surface area contributed by atoms with Crippen LogP contribution >= 0.6 is 0 Å². The molecule has 1 N–H and O–H groups in total. The van der Waals surface area contributed by atoms with Crippen molar-refractivity contribution in [3.63, 3.8) is 0 Å². The van der Waals surface area contributed by atoms with Crippen molar-refractivity contribution in [3.05, 3.63) is 0 Å². The molecule has 1 aliphatic heterocycles. The summed E-state index contributed by atoms with van der Waals surface area (Å²) in [5, 5.41) is 3.41. The Morgan fingerprint density at radius 3 is 2.32 bits per heavy atom. The van der Waals surface area contributed by atoms with Crippen LogP contribution in [-0.4, -0.2) is 61.5 Å². The van der Waals surface area contributed by atoms with Gasteiger partial charge in [-0.25, -0.2) is 0 Å². The lowest BCUT2D eigenvalue weighted by molar-refractivity contribution is -0.136. The van der Waals surface area contributed by atoms with Gasteiger partial charge < -0.3 is 15.1 Å². The van der Waals surface area contributed by atoms with Crippen LogP contribution in [0.1, 0.15) is 44.9 Å². The maximum Gasteiger partial charge on any atom is 0.239 e. The van der Waals surface area contributed by atoms with E-state index in [-0.39, 0.29) is 6.04 Å². The normalized spacial score (nSPS) is 24.9. The molecule has 1 saturated heterocycles. The average Bonchev–Trinajstić information content (AvgIpc) is 2.93. The summed E-state index contributed by atoms with van der Waals surface area (Å²) >= 11 is 0. The zero-order valence-corrected chi connectivity index (χ0v) is 12.5. The summed E-state index contributed by atoms with van der Waals surface area (Å²) in [6.07, 6.45) is 8.39. The number of amides is 1. The van der Waals surface area contributed by atoms with Crippen LogP contribution in [0.3, 0.4) is 0 Å². The number of hydrogen-bond acceptors (Lipinski definition) is 3. The summed E-state index contributed by atoms with van der Waals surface area (Å²) in [4.78, 5) is 17.1. The Morgan fingerprint density at radius 2 is 1.74 bits per heavy atom. The fraction of sp³-hybridized carbons (Fsp3) is 0.933. The highest BCUT2D eigenvalue weighted by Crippen LogP contribution is 2.24. The Bertz CT molecular complexity index is 281. The van der Waals surface area contributed by atoms with Gasteiger partial charge in [0.1, 0.15) is 0 Å². The van der Waals surface area contributed by atoms with Crippen molar-refractivity contribution in [1.82, 2.24) is 15.1 Å². The Kier molecular flexibility index (Phi) is 5.64. The molecule has 2 aliphatic rings. The molecule has 0 spiro atoms. The second-order valence-corrected chi connectivity index (χ2v) is 6.28. The van der Waals surface area contributed by atoms with Gasteiger partial charge in [-0.2, -0.15) is 0 Å². The molecule has 4 nitrogen and oxygen atoms in total. The van der Waals surface area contributed by atoms with Crippen molar-refractivity contribution in [2.75, 3.05) is 33.7 Å². The molecule has 110 valence electrons. The van der Waals surface area contributed by atoms with Crippen LogP contribution < -0.4 is 5.32 Å². The van der Waals surface area contributed by atoms with E-state index in [1.807, 2.05) is 0 Å². The van der Waals surface area contributed by atoms with Crippen molar-refractivity contribution in [3.8, 4) is 0 Å². The number of likely N-dealkylation sites (N-methyl/N-ethyl adjacent to an activating group) is 1. The number of carbonyl (C=O) groups is 1. The van der Waals surface area contributed by atoms with Gasteiger partial charge >= 0.3 is 0 Å². The summed E-state index contributed by atoms with van der Waals surface area (Å²) in [6.45, 7) is 2.85. The highest BCUT2D eigenvalue weighted by atomic mass is 16.2. The maximum atomic E-state index is 12.7. The molecule has 1 amide bonds. The molecule has 1 atom stereocenters. The minimum Gasteiger partial charge on any atom is -0.337 e. The third kappa shape index (κ3) is 4.18. The topological polar surface area (TPSA) is 35.6 Å². The van der Waals surface area contributed by atoms with Crippen molar-refractivity contribution < 1.29 is 4.79 Å². The quantitative estimate of drug-likeness (QED) is 0.819. The number of hydrogen-bond donors (Lipinski definition) is 1. The molecular formula is C15H29N3O. The molecule has 1 saturated carbocycles. The number of carbonyl (C=O) groups excluding carboxylic acids is 1. The number of nitrogens with one attached hydrogen (secondary N) is 1. The predicted octanol–water partition coefficient (Wildman–Crippen LogP) is 1.46. The van der Waals surface area contributed by atoms with Gasteiger partial charge in [-0.15, -0.1) is 0 Å². The highest BCUT2D eigenvalue weighted by molar-refractivity contribution is 5.82. The third-order valence-corrected chi connectivity index (χ3v) is 4.45. The lowest BCUT2D eigenvalue weighted by Gasteiger charge is -2.34. The molecular weight excluding hydrogens is 238 g/mol. The zero-order valence-electron chi connectivity index (χ0n) is 12.5. The Morgan fingerprint density at radius 1 is 1.05 bits per heavy atom. The van der Waals surface area contributed by atoms with Gasteiger partial charge in [0.2, 0.25) is 5.91 Å². The van der Waals surface area contributed by atoms with Crippen LogP contribution in [-0.2, 0) is 4.79 Å². The molecule has 4 heteroatoms. The lowest BCUT2D eigenvalue weighted by atomic mass is 10.0. The number of piperidine rings is 1. The van der Waals surface area contributed by atoms with Crippen LogP contribution in [0.25, 0.3) is 0 Å². The number of nitrogens with zero attached hydrogens (tertiary/aromatic N) is 2. The van der Waals surface area contributed by atoms with E-state index < -0.39 is 0 Å². The van der Waals surface area contributed by atoms with E-state index in [1.165, 1.54) is 38.5 Å². The molecule has 2 fully saturated rings. The van der Waals surface area contributed by atoms with Crippen molar-refractivity contribution in [2.45, 2.75) is 57.0 Å². The van der Waals surface area contributed by atoms with Crippen LogP contribution in [0.15, 0.2) is 0 Å². The Balaban J connectivity index is 1.95. The summed E-state index contributed by atoms with van der Waals surface area (Å²) < 4.78 is 0. The van der Waals surface area contributed by atoms with Crippen LogP contribution in [0.2, 0.25) is 0 Å². The summed E-state index contributed by atoms with van der Waals surface area (Å²) in [6, 6.07) is 0.577. The van der Waals surface area contributed by atoms with E-state index in [2.05, 4.69) is 29.2 Å². The van der Waals surface area contributed by atoms with E-state index >= 15 is 0 Å². The molecule has 2 rings (SSSR count). The average molecular weight is 267 g/mol. The van der Waals surface area contributed by atoms with E-state index in [1.54, 1.807) is 0 Å². The second-order valence-electron chi connectivity index (χ2n) is 6.28. The fourth-order valence-electron chi connectivity index (χ4n) is 3.26. The van der Waals surface area contributed by atoms with Gasteiger partial charge in [-0.1, -0.05) is 19.3 Å². The van der Waals surface area contributed by atoms with Crippen molar-refractivity contribution >= 4 is 5.91 Å². The fourth-order valence-corrected chi connectivity index (χ4v) is 3.26. The minimum absolute atomic E-state index is 0.0801. The monoisotopic (exact) mass is 267 g/mol. The van der Waals surface area contributed by atoms with Crippen molar-refractivity contribution in [1.29, 1.82) is 0 Å². The molecule has 1 heterocycles. The van der Waals surface area contributed by atoms with Crippen LogP contribution in [0.5, 0.6) is 0 Å². The first-order chi connectivity index (χ1) is 9.18. The summed E-state index contributed by atoms with van der Waals surface area (Å²) in [5.74, 6) is 0.355. The second kappa shape index (κ2) is 7.25. The van der Waals surface area contributed by atoms with Gasteiger partial charge in [0.05, 0.1) is 6.04 Å². The molecule has 0 aromatic carbocycles. The summed E-state index contributed by atoms with van der Waals surface area (Å²) in [7, 11) is 4.16. The lowest BCUT2D eigenvalue weighted by Crippen LogP contribution is -2.52. The highest BCUT2D eigenvalue weighted by Gasteiger charge is 2.31. The zero-order chi connectivity index (χ0) is 13.7. The molecule has 1 aliphatic carbocycles. The van der Waals surface area contributed by atoms with E-state index in [0.29, 0.717) is 11.9 Å². The Hall–Kier alpha value is -0.610. The first-order valence-corrected chi connectivity index (χ1v) is 7.87. The van der Waals surface area contributed by atoms with E-state index in [9.17, 15) is 4.79 Å². The van der Waals surface area contributed by atoms with Crippen molar-refractivity contribution in [2.24, 2.45) is 0 Å². The molecule has 0 aromatic rings. The van der Waals surface area contributed by atoms with Gasteiger partial charge in [0, 0.05) is 19.1 Å². The minimum atomic E-state index is 0.0801. The molecule has 0 radical (unpaired) electrons. The molecule has 0 bridgehead atoms. The van der Waals surface area contributed by atoms with Gasteiger partial charge in [-0.3, -0.25) is 4.79 Å². The predicted molar refractivity (Wildman–Crippen MR) is 78.2 cm³/mol. The third-order valence-electron chi connectivity index (χ3n) is 4.45. The van der Waals surface area contributed by atoms with Crippen LogP contribution in [0.4, 0.5) is 0 Å². The van der Waals surface area contributed by atoms with Gasteiger partial charge in [-0.05, 0) is 46.3 Å². The number of rotatable bonds is 5. The standard InChI is InChI=1S/C15H29N3O/c1-17(2)11-12-18(13-7-3-4-8-13)15(19)14-9-5-6-10-16-14/h13-14,16H,3-12H2,1-2H3/t14-/m1/s1. The molecule has 19 heavy (non-hydrogen) atoms.